The lowest BCUT2D eigenvalue weighted by Gasteiger charge is -2.48. The van der Waals surface area contributed by atoms with Crippen molar-refractivity contribution in [1.82, 2.24) is 10.2 Å². The lowest BCUT2D eigenvalue weighted by atomic mass is 9.79. The van der Waals surface area contributed by atoms with Crippen molar-refractivity contribution in [2.45, 2.75) is 37.6 Å². The van der Waals surface area contributed by atoms with Crippen molar-refractivity contribution < 1.29 is 18.7 Å². The van der Waals surface area contributed by atoms with Gasteiger partial charge in [0.05, 0.1) is 18.2 Å². The zero-order valence-electron chi connectivity index (χ0n) is 14.9. The molecule has 0 aromatic heterocycles. The van der Waals surface area contributed by atoms with Crippen LogP contribution < -0.4 is 10.1 Å². The van der Waals surface area contributed by atoms with E-state index in [4.69, 9.17) is 21.1 Å². The molecule has 0 bridgehead atoms. The predicted octanol–water partition coefficient (Wildman–Crippen LogP) is 3.01. The number of hydrogen-bond acceptors (Lipinski definition) is 4. The van der Waals surface area contributed by atoms with Crippen LogP contribution in [-0.2, 0) is 9.53 Å². The molecule has 1 aliphatic heterocycles. The number of nitrogens with one attached hydrogen (secondary N) is 1. The zero-order valence-corrected chi connectivity index (χ0v) is 15.7. The molecule has 1 aromatic carbocycles. The molecule has 0 radical (unpaired) electrons. The fourth-order valence-electron chi connectivity index (χ4n) is 3.88. The topological polar surface area (TPSA) is 50.8 Å². The van der Waals surface area contributed by atoms with Crippen LogP contribution in [0.25, 0.3) is 0 Å². The molecule has 1 saturated heterocycles. The van der Waals surface area contributed by atoms with E-state index in [2.05, 4.69) is 10.2 Å². The van der Waals surface area contributed by atoms with E-state index in [1.807, 2.05) is 0 Å². The van der Waals surface area contributed by atoms with E-state index >= 15 is 0 Å². The molecule has 3 rings (SSSR count). The summed E-state index contributed by atoms with van der Waals surface area (Å²) in [5, 5.41) is 3.02. The summed E-state index contributed by atoms with van der Waals surface area (Å²) in [6.07, 6.45) is 5.84. The van der Waals surface area contributed by atoms with Gasteiger partial charge < -0.3 is 14.8 Å². The van der Waals surface area contributed by atoms with Crippen molar-refractivity contribution in [2.75, 3.05) is 39.5 Å². The molecule has 7 heteroatoms. The van der Waals surface area contributed by atoms with Crippen molar-refractivity contribution >= 4 is 17.5 Å². The highest BCUT2D eigenvalue weighted by Gasteiger charge is 2.38. The Balaban J connectivity index is 1.52. The Kier molecular flexibility index (Phi) is 6.73. The molecule has 0 spiro atoms. The van der Waals surface area contributed by atoms with Gasteiger partial charge in [-0.05, 0) is 25.0 Å². The maximum atomic E-state index is 13.2. The second-order valence-corrected chi connectivity index (χ2v) is 7.43. The highest BCUT2D eigenvalue weighted by atomic mass is 35.5. The molecule has 1 saturated carbocycles. The predicted molar refractivity (Wildman–Crippen MR) is 98.1 cm³/mol. The van der Waals surface area contributed by atoms with Gasteiger partial charge in [0.25, 0.3) is 5.91 Å². The third-order valence-corrected chi connectivity index (χ3v) is 5.63. The van der Waals surface area contributed by atoms with E-state index in [0.717, 1.165) is 39.1 Å². The molecule has 1 N–H and O–H groups in total. The molecule has 26 heavy (non-hydrogen) atoms. The number of carbonyl (C=O) groups is 1. The molecule has 144 valence electrons. The number of amides is 1. The van der Waals surface area contributed by atoms with E-state index in [0.29, 0.717) is 12.3 Å². The van der Waals surface area contributed by atoms with Crippen molar-refractivity contribution in [1.29, 1.82) is 0 Å². The van der Waals surface area contributed by atoms with Gasteiger partial charge in [-0.15, -0.1) is 0 Å². The number of carbonyl (C=O) groups excluding carboxylic acids is 1. The van der Waals surface area contributed by atoms with Gasteiger partial charge in [0.1, 0.15) is 11.6 Å². The molecular weight excluding hydrogens is 359 g/mol. The third-order valence-electron chi connectivity index (χ3n) is 5.34. The highest BCUT2D eigenvalue weighted by Crippen LogP contribution is 2.33. The minimum absolute atomic E-state index is 0.0172. The van der Waals surface area contributed by atoms with Gasteiger partial charge in [-0.3, -0.25) is 9.69 Å². The van der Waals surface area contributed by atoms with Crippen molar-refractivity contribution in [3.05, 3.63) is 29.0 Å². The molecule has 2 aliphatic rings. The van der Waals surface area contributed by atoms with Crippen LogP contribution in [0.3, 0.4) is 0 Å². The first kappa shape index (κ1) is 19.4. The van der Waals surface area contributed by atoms with E-state index in [1.165, 1.54) is 37.5 Å². The molecule has 0 unspecified atom stereocenters. The highest BCUT2D eigenvalue weighted by molar-refractivity contribution is 6.30. The smallest absolute Gasteiger partial charge is 0.258 e. The summed E-state index contributed by atoms with van der Waals surface area (Å²) in [7, 11) is 0. The fourth-order valence-corrected chi connectivity index (χ4v) is 4.05. The van der Waals surface area contributed by atoms with Gasteiger partial charge >= 0.3 is 0 Å². The molecule has 0 atom stereocenters. The third kappa shape index (κ3) is 4.87. The van der Waals surface area contributed by atoms with Crippen LogP contribution in [0.4, 0.5) is 4.39 Å². The monoisotopic (exact) mass is 384 g/mol. The van der Waals surface area contributed by atoms with Crippen molar-refractivity contribution in [3.8, 4) is 5.75 Å². The van der Waals surface area contributed by atoms with E-state index in [-0.39, 0.29) is 23.1 Å². The summed E-state index contributed by atoms with van der Waals surface area (Å²) in [5.41, 5.74) is 0.0247. The second kappa shape index (κ2) is 9.02. The van der Waals surface area contributed by atoms with Crippen molar-refractivity contribution in [3.63, 3.8) is 0 Å². The van der Waals surface area contributed by atoms with Crippen LogP contribution in [-0.4, -0.2) is 55.8 Å². The first-order chi connectivity index (χ1) is 12.6. The van der Waals surface area contributed by atoms with E-state index in [1.54, 1.807) is 0 Å². The molecule has 5 nitrogen and oxygen atoms in total. The molecule has 2 fully saturated rings. The first-order valence-electron chi connectivity index (χ1n) is 9.26. The standard InChI is InChI=1S/C19H26ClFN2O3/c20-16-12-15(4-5-17(16)21)26-13-18(24)22-14-19(6-2-1-3-7-19)23-8-10-25-11-9-23/h4-5,12H,1-3,6-11,13-14H2,(H,22,24). The quantitative estimate of drug-likeness (QED) is 0.819. The van der Waals surface area contributed by atoms with E-state index < -0.39 is 5.82 Å². The Hall–Kier alpha value is -1.37. The van der Waals surface area contributed by atoms with Gasteiger partial charge in [-0.2, -0.15) is 0 Å². The van der Waals surface area contributed by atoms with Gasteiger partial charge in [0.15, 0.2) is 6.61 Å². The number of morpholine rings is 1. The average Bonchev–Trinajstić information content (AvgIpc) is 2.69. The number of benzene rings is 1. The summed E-state index contributed by atoms with van der Waals surface area (Å²) in [6, 6.07) is 4.07. The summed E-state index contributed by atoms with van der Waals surface area (Å²) < 4.78 is 24.1. The lowest BCUT2D eigenvalue weighted by molar-refractivity contribution is -0.124. The van der Waals surface area contributed by atoms with E-state index in [9.17, 15) is 9.18 Å². The van der Waals surface area contributed by atoms with Crippen LogP contribution in [0.1, 0.15) is 32.1 Å². The molecule has 1 amide bonds. The number of rotatable bonds is 6. The molecule has 1 aromatic rings. The van der Waals surface area contributed by atoms with Crippen LogP contribution in [0.15, 0.2) is 18.2 Å². The lowest BCUT2D eigenvalue weighted by Crippen LogP contribution is -2.60. The van der Waals surface area contributed by atoms with Crippen LogP contribution in [0, 0.1) is 5.82 Å². The van der Waals surface area contributed by atoms with Crippen LogP contribution in [0.2, 0.25) is 5.02 Å². The average molecular weight is 385 g/mol. The minimum Gasteiger partial charge on any atom is -0.484 e. The van der Waals surface area contributed by atoms with Crippen LogP contribution >= 0.6 is 11.6 Å². The molecule has 1 aliphatic carbocycles. The Morgan fingerprint density at radius 2 is 2.00 bits per heavy atom. The first-order valence-corrected chi connectivity index (χ1v) is 9.64. The largest absolute Gasteiger partial charge is 0.484 e. The number of nitrogens with zero attached hydrogens (tertiary/aromatic N) is 1. The normalized spacial score (nSPS) is 20.5. The SMILES string of the molecule is O=C(COc1ccc(F)c(Cl)c1)NCC1(N2CCOCC2)CCCCC1. The van der Waals surface area contributed by atoms with Crippen LogP contribution in [0.5, 0.6) is 5.75 Å². The maximum Gasteiger partial charge on any atom is 0.258 e. The van der Waals surface area contributed by atoms with Gasteiger partial charge in [0, 0.05) is 31.2 Å². The molecular formula is C19H26ClFN2O3. The number of ether oxygens (including phenoxy) is 2. The van der Waals surface area contributed by atoms with Gasteiger partial charge in [0.2, 0.25) is 0 Å². The summed E-state index contributed by atoms with van der Waals surface area (Å²) in [5.74, 6) is -0.302. The number of halogens is 2. The fraction of sp³-hybridized carbons (Fsp3) is 0.632. The summed E-state index contributed by atoms with van der Waals surface area (Å²) in [6.45, 7) is 3.86. The minimum atomic E-state index is -0.506. The zero-order chi connectivity index (χ0) is 18.4. The van der Waals surface area contributed by atoms with Gasteiger partial charge in [-0.1, -0.05) is 30.9 Å². The van der Waals surface area contributed by atoms with Crippen molar-refractivity contribution in [2.24, 2.45) is 0 Å². The summed E-state index contributed by atoms with van der Waals surface area (Å²) in [4.78, 5) is 14.7. The Morgan fingerprint density at radius 3 is 2.69 bits per heavy atom. The Bertz CT molecular complexity index is 617. The Labute approximate surface area is 158 Å². The summed E-state index contributed by atoms with van der Waals surface area (Å²) >= 11 is 5.72. The second-order valence-electron chi connectivity index (χ2n) is 7.03. The van der Waals surface area contributed by atoms with Gasteiger partial charge in [-0.25, -0.2) is 4.39 Å². The Morgan fingerprint density at radius 1 is 1.27 bits per heavy atom. The number of hydrogen-bond donors (Lipinski definition) is 1. The maximum absolute atomic E-state index is 13.2. The molecule has 1 heterocycles.